The zero-order chi connectivity index (χ0) is 10.4. The van der Waals surface area contributed by atoms with Gasteiger partial charge >= 0.3 is 0 Å². The van der Waals surface area contributed by atoms with E-state index in [4.69, 9.17) is 5.73 Å². The summed E-state index contributed by atoms with van der Waals surface area (Å²) in [5, 5.41) is 0. The van der Waals surface area contributed by atoms with Crippen LogP contribution in [0.5, 0.6) is 0 Å². The average molecular weight is 177 g/mol. The van der Waals surface area contributed by atoms with Crippen LogP contribution in [0.2, 0.25) is 0 Å². The van der Waals surface area contributed by atoms with Crippen molar-refractivity contribution in [2.24, 2.45) is 11.7 Å². The zero-order valence-corrected chi connectivity index (χ0v) is 8.80. The molecule has 2 N–H and O–H groups in total. The van der Waals surface area contributed by atoms with Crippen LogP contribution in [0.25, 0.3) is 0 Å². The Morgan fingerprint density at radius 1 is 1.38 bits per heavy atom. The molecule has 0 aromatic carbocycles. The van der Waals surface area contributed by atoms with Crippen molar-refractivity contribution in [1.82, 2.24) is 0 Å². The standard InChI is InChI=1S/C12H19N/c1-6-8-11(7-2)12(13)10(5)9(3)4/h6-9H,2,5,13H2,1,3-4H3/b8-6-,12-11+. The lowest BCUT2D eigenvalue weighted by Gasteiger charge is -2.11. The fourth-order valence-corrected chi connectivity index (χ4v) is 0.944. The molecule has 0 aliphatic carbocycles. The fourth-order valence-electron chi connectivity index (χ4n) is 0.944. The first-order chi connectivity index (χ1) is 6.04. The highest BCUT2D eigenvalue weighted by molar-refractivity contribution is 5.42. The summed E-state index contributed by atoms with van der Waals surface area (Å²) in [6.45, 7) is 13.8. The molecule has 0 aromatic heterocycles. The molecule has 0 bridgehead atoms. The van der Waals surface area contributed by atoms with Crippen molar-refractivity contribution in [2.45, 2.75) is 20.8 Å². The third kappa shape index (κ3) is 3.32. The molecule has 0 amide bonds. The van der Waals surface area contributed by atoms with Gasteiger partial charge in [-0.15, -0.1) is 0 Å². The highest BCUT2D eigenvalue weighted by Crippen LogP contribution is 2.17. The van der Waals surface area contributed by atoms with Gasteiger partial charge in [0.1, 0.15) is 0 Å². The average Bonchev–Trinajstić information content (AvgIpc) is 2.11. The van der Waals surface area contributed by atoms with Gasteiger partial charge in [-0.05, 0) is 24.0 Å². The number of nitrogens with two attached hydrogens (primary N) is 1. The van der Waals surface area contributed by atoms with Crippen LogP contribution in [-0.4, -0.2) is 0 Å². The summed E-state index contributed by atoms with van der Waals surface area (Å²) in [4.78, 5) is 0. The van der Waals surface area contributed by atoms with Gasteiger partial charge in [0.25, 0.3) is 0 Å². The molecule has 13 heavy (non-hydrogen) atoms. The van der Waals surface area contributed by atoms with Crippen molar-refractivity contribution < 1.29 is 0 Å². The van der Waals surface area contributed by atoms with Crippen molar-refractivity contribution in [2.75, 3.05) is 0 Å². The van der Waals surface area contributed by atoms with E-state index in [0.29, 0.717) is 5.92 Å². The molecule has 0 saturated carbocycles. The molecule has 0 unspecified atom stereocenters. The van der Waals surface area contributed by atoms with Gasteiger partial charge in [0.05, 0.1) is 0 Å². The van der Waals surface area contributed by atoms with E-state index in [1.165, 1.54) is 0 Å². The van der Waals surface area contributed by atoms with Gasteiger partial charge in [-0.25, -0.2) is 0 Å². The molecule has 0 radical (unpaired) electrons. The number of hydrogen-bond donors (Lipinski definition) is 1. The molecule has 0 saturated heterocycles. The van der Waals surface area contributed by atoms with Crippen LogP contribution in [0, 0.1) is 5.92 Å². The van der Waals surface area contributed by atoms with E-state index in [2.05, 4.69) is 27.0 Å². The van der Waals surface area contributed by atoms with E-state index in [9.17, 15) is 0 Å². The Bertz CT molecular complexity index is 254. The molecule has 1 nitrogen and oxygen atoms in total. The lowest BCUT2D eigenvalue weighted by Crippen LogP contribution is -2.07. The molecule has 0 aliphatic heterocycles. The molecule has 0 aliphatic rings. The van der Waals surface area contributed by atoms with Crippen LogP contribution in [0.3, 0.4) is 0 Å². The molecule has 0 aromatic rings. The highest BCUT2D eigenvalue weighted by atomic mass is 14.6. The number of hydrogen-bond acceptors (Lipinski definition) is 1. The lowest BCUT2D eigenvalue weighted by atomic mass is 9.98. The second kappa shape index (κ2) is 5.41. The Labute approximate surface area is 81.3 Å². The second-order valence-corrected chi connectivity index (χ2v) is 3.25. The Morgan fingerprint density at radius 3 is 2.23 bits per heavy atom. The molecular formula is C12H19N. The van der Waals surface area contributed by atoms with Crippen molar-refractivity contribution in [3.63, 3.8) is 0 Å². The number of rotatable bonds is 4. The van der Waals surface area contributed by atoms with Gasteiger partial charge in [0.2, 0.25) is 0 Å². The van der Waals surface area contributed by atoms with Crippen LogP contribution in [0.1, 0.15) is 20.8 Å². The zero-order valence-electron chi connectivity index (χ0n) is 8.80. The minimum absolute atomic E-state index is 0.375. The van der Waals surface area contributed by atoms with E-state index >= 15 is 0 Å². The first-order valence-electron chi connectivity index (χ1n) is 4.48. The topological polar surface area (TPSA) is 26.0 Å². The Morgan fingerprint density at radius 2 is 1.92 bits per heavy atom. The molecule has 0 rings (SSSR count). The van der Waals surface area contributed by atoms with Gasteiger partial charge in [-0.2, -0.15) is 0 Å². The highest BCUT2D eigenvalue weighted by Gasteiger charge is 2.05. The second-order valence-electron chi connectivity index (χ2n) is 3.25. The lowest BCUT2D eigenvalue weighted by molar-refractivity contribution is 0.777. The summed E-state index contributed by atoms with van der Waals surface area (Å²) in [7, 11) is 0. The van der Waals surface area contributed by atoms with E-state index in [1.54, 1.807) is 6.08 Å². The smallest absolute Gasteiger partial charge is 0.0416 e. The Kier molecular flexibility index (Phi) is 4.90. The van der Waals surface area contributed by atoms with E-state index in [-0.39, 0.29) is 0 Å². The van der Waals surface area contributed by atoms with Crippen molar-refractivity contribution in [3.05, 3.63) is 48.2 Å². The summed E-state index contributed by atoms with van der Waals surface area (Å²) < 4.78 is 0. The van der Waals surface area contributed by atoms with Crippen molar-refractivity contribution in [1.29, 1.82) is 0 Å². The summed E-state index contributed by atoms with van der Waals surface area (Å²) in [6, 6.07) is 0. The Hall–Kier alpha value is -1.24. The van der Waals surface area contributed by atoms with E-state index in [1.807, 2.05) is 19.1 Å². The normalized spacial score (nSPS) is 13.2. The minimum atomic E-state index is 0.375. The molecule has 0 fully saturated rings. The summed E-state index contributed by atoms with van der Waals surface area (Å²) in [5.74, 6) is 0.375. The van der Waals surface area contributed by atoms with Gasteiger partial charge in [0.15, 0.2) is 0 Å². The molecular weight excluding hydrogens is 158 g/mol. The number of allylic oxidation sites excluding steroid dienone is 5. The van der Waals surface area contributed by atoms with Gasteiger partial charge in [0, 0.05) is 5.70 Å². The molecule has 0 heterocycles. The van der Waals surface area contributed by atoms with Crippen LogP contribution < -0.4 is 5.73 Å². The maximum atomic E-state index is 5.92. The summed E-state index contributed by atoms with van der Waals surface area (Å²) in [5.41, 5.74) is 8.57. The van der Waals surface area contributed by atoms with E-state index < -0.39 is 0 Å². The first-order valence-corrected chi connectivity index (χ1v) is 4.48. The van der Waals surface area contributed by atoms with Crippen LogP contribution in [0.4, 0.5) is 0 Å². The van der Waals surface area contributed by atoms with Gasteiger partial charge in [-0.3, -0.25) is 0 Å². The van der Waals surface area contributed by atoms with Crippen LogP contribution in [-0.2, 0) is 0 Å². The molecule has 72 valence electrons. The minimum Gasteiger partial charge on any atom is -0.398 e. The maximum Gasteiger partial charge on any atom is 0.0416 e. The SMILES string of the molecule is C=CC(/C=C\C)=C(\N)C(=C)C(C)C. The van der Waals surface area contributed by atoms with E-state index in [0.717, 1.165) is 16.8 Å². The predicted octanol–water partition coefficient (Wildman–Crippen LogP) is 3.17. The van der Waals surface area contributed by atoms with Gasteiger partial charge < -0.3 is 5.73 Å². The Balaban J connectivity index is 4.96. The quantitative estimate of drug-likeness (QED) is 0.656. The molecule has 1 heteroatoms. The summed E-state index contributed by atoms with van der Waals surface area (Å²) >= 11 is 0. The van der Waals surface area contributed by atoms with Gasteiger partial charge in [-0.1, -0.05) is 45.2 Å². The van der Waals surface area contributed by atoms with Crippen LogP contribution in [0.15, 0.2) is 48.2 Å². The maximum absolute atomic E-state index is 5.92. The van der Waals surface area contributed by atoms with Crippen molar-refractivity contribution in [3.8, 4) is 0 Å². The first kappa shape index (κ1) is 11.8. The van der Waals surface area contributed by atoms with Crippen LogP contribution >= 0.6 is 0 Å². The molecule has 0 spiro atoms. The van der Waals surface area contributed by atoms with Crippen molar-refractivity contribution >= 4 is 0 Å². The third-order valence-corrected chi connectivity index (χ3v) is 1.92. The summed E-state index contributed by atoms with van der Waals surface area (Å²) in [6.07, 6.45) is 5.64. The third-order valence-electron chi connectivity index (χ3n) is 1.92. The molecule has 0 atom stereocenters. The largest absolute Gasteiger partial charge is 0.398 e. The fraction of sp³-hybridized carbons (Fsp3) is 0.333. The monoisotopic (exact) mass is 177 g/mol. The predicted molar refractivity (Wildman–Crippen MR) is 60.2 cm³/mol.